The summed E-state index contributed by atoms with van der Waals surface area (Å²) in [6.45, 7) is -2.24. The van der Waals surface area contributed by atoms with E-state index in [1.54, 1.807) is 0 Å². The van der Waals surface area contributed by atoms with E-state index in [2.05, 4.69) is 15.3 Å². The van der Waals surface area contributed by atoms with Crippen LogP contribution in [0, 0.1) is 0 Å². The maximum atomic E-state index is 13.7. The fourth-order valence-electron chi connectivity index (χ4n) is 1.87. The molecule has 0 atom stereocenters. The maximum absolute atomic E-state index is 13.7. The van der Waals surface area contributed by atoms with E-state index in [9.17, 15) is 39.9 Å². The number of carbonyl (C=O) groups is 1. The Hall–Kier alpha value is -2.80. The van der Waals surface area contributed by atoms with Gasteiger partial charge in [-0.3, -0.25) is 9.48 Å². The highest BCUT2D eigenvalue weighted by Crippen LogP contribution is 2.45. The van der Waals surface area contributed by atoms with Crippen LogP contribution in [0.3, 0.4) is 0 Å². The molecule has 1 N–H and O–H groups in total. The van der Waals surface area contributed by atoms with Gasteiger partial charge >= 0.3 is 18.3 Å². The molecule has 0 aliphatic heterocycles. The lowest BCUT2D eigenvalue weighted by Gasteiger charge is -2.22. The Labute approximate surface area is 138 Å². The van der Waals surface area contributed by atoms with E-state index >= 15 is 0 Å². The summed E-state index contributed by atoms with van der Waals surface area (Å²) in [7, 11) is 0. The van der Waals surface area contributed by atoms with Crippen LogP contribution in [0.4, 0.5) is 40.8 Å². The van der Waals surface area contributed by atoms with E-state index in [0.717, 1.165) is 18.5 Å². The quantitative estimate of drug-likeness (QED) is 0.816. The smallest absolute Gasteiger partial charge is 0.320 e. The number of aromatic nitrogens is 4. The van der Waals surface area contributed by atoms with Crippen LogP contribution in [0.5, 0.6) is 0 Å². The van der Waals surface area contributed by atoms with Crippen molar-refractivity contribution < 1.29 is 39.9 Å². The topological polar surface area (TPSA) is 72.7 Å². The third-order valence-corrected chi connectivity index (χ3v) is 2.91. The van der Waals surface area contributed by atoms with E-state index in [-0.39, 0.29) is 11.9 Å². The lowest BCUT2D eigenvalue weighted by atomic mass is 10.1. The van der Waals surface area contributed by atoms with Crippen molar-refractivity contribution in [2.45, 2.75) is 24.8 Å². The van der Waals surface area contributed by atoms with Crippen molar-refractivity contribution in [3.8, 4) is 0 Å². The number of carbonyl (C=O) groups excluding carboxylic acids is 1. The minimum Gasteiger partial charge on any atom is -0.320 e. The molecular weight excluding hydrogens is 382 g/mol. The van der Waals surface area contributed by atoms with Crippen LogP contribution in [0.25, 0.3) is 0 Å². The highest BCUT2D eigenvalue weighted by atomic mass is 19.4. The normalized spacial score (nSPS) is 12.9. The molecule has 2 aromatic heterocycles. The Bertz CT molecular complexity index is 783. The van der Waals surface area contributed by atoms with Gasteiger partial charge in [0, 0.05) is 0 Å². The Balaban J connectivity index is 2.51. The first kappa shape index (κ1) is 19.5. The fourth-order valence-corrected chi connectivity index (χ4v) is 1.87. The number of hydrogen-bond donors (Lipinski definition) is 1. The molecule has 2 aromatic rings. The standard InChI is InChI=1S/C12H7F8N5O/c13-10(14,15)5-25-8(11(16,17)12(18,19)20)7(4-23-25)9(26)24-6-1-2-21-22-3-6/h1-4H,5H2,(H,21,24,26). The molecule has 0 bridgehead atoms. The highest BCUT2D eigenvalue weighted by molar-refractivity contribution is 6.05. The van der Waals surface area contributed by atoms with Crippen LogP contribution in [0.1, 0.15) is 16.1 Å². The number of nitrogens with zero attached hydrogens (tertiary/aromatic N) is 4. The first-order valence-electron chi connectivity index (χ1n) is 6.48. The third-order valence-electron chi connectivity index (χ3n) is 2.91. The summed E-state index contributed by atoms with van der Waals surface area (Å²) in [5.41, 5.74) is -3.72. The van der Waals surface area contributed by atoms with Crippen LogP contribution >= 0.6 is 0 Å². The average Bonchev–Trinajstić information content (AvgIpc) is 2.89. The lowest BCUT2D eigenvalue weighted by molar-refractivity contribution is -0.293. The number of nitrogens with one attached hydrogen (secondary N) is 1. The van der Waals surface area contributed by atoms with Gasteiger partial charge in [0.2, 0.25) is 0 Å². The van der Waals surface area contributed by atoms with Crippen molar-refractivity contribution in [3.63, 3.8) is 0 Å². The van der Waals surface area contributed by atoms with Gasteiger partial charge in [0.25, 0.3) is 5.91 Å². The van der Waals surface area contributed by atoms with Crippen molar-refractivity contribution in [2.75, 3.05) is 5.32 Å². The average molecular weight is 389 g/mol. The summed E-state index contributed by atoms with van der Waals surface area (Å²) in [5.74, 6) is -7.27. The summed E-state index contributed by atoms with van der Waals surface area (Å²) in [6, 6.07) is 1.13. The number of halogens is 8. The molecule has 26 heavy (non-hydrogen) atoms. The summed E-state index contributed by atoms with van der Waals surface area (Å²) in [5, 5.41) is 11.5. The molecule has 6 nitrogen and oxygen atoms in total. The number of rotatable bonds is 4. The predicted molar refractivity (Wildman–Crippen MR) is 68.2 cm³/mol. The zero-order valence-electron chi connectivity index (χ0n) is 12.2. The van der Waals surface area contributed by atoms with Crippen LogP contribution in [0.2, 0.25) is 0 Å². The molecule has 0 fully saturated rings. The Kier molecular flexibility index (Phi) is 4.88. The van der Waals surface area contributed by atoms with Gasteiger partial charge in [-0.1, -0.05) is 0 Å². The van der Waals surface area contributed by atoms with Crippen molar-refractivity contribution in [3.05, 3.63) is 35.9 Å². The summed E-state index contributed by atoms with van der Waals surface area (Å²) in [4.78, 5) is 12.0. The number of anilines is 1. The molecule has 0 aliphatic rings. The highest BCUT2D eigenvalue weighted by Gasteiger charge is 2.62. The lowest BCUT2D eigenvalue weighted by Crippen LogP contribution is -2.38. The van der Waals surface area contributed by atoms with Crippen LogP contribution in [0.15, 0.2) is 24.7 Å². The number of alkyl halides is 8. The second kappa shape index (κ2) is 6.49. The van der Waals surface area contributed by atoms with Gasteiger partial charge in [0.15, 0.2) is 0 Å². The van der Waals surface area contributed by atoms with Gasteiger partial charge in [-0.25, -0.2) is 0 Å². The van der Waals surface area contributed by atoms with E-state index in [4.69, 9.17) is 0 Å². The van der Waals surface area contributed by atoms with Crippen molar-refractivity contribution in [1.29, 1.82) is 0 Å². The molecule has 0 spiro atoms. The van der Waals surface area contributed by atoms with Crippen molar-refractivity contribution in [1.82, 2.24) is 20.0 Å². The molecule has 2 heterocycles. The number of amides is 1. The summed E-state index contributed by atoms with van der Waals surface area (Å²) < 4.78 is 102. The van der Waals surface area contributed by atoms with Gasteiger partial charge in [-0.05, 0) is 6.07 Å². The molecule has 0 radical (unpaired) electrons. The van der Waals surface area contributed by atoms with Gasteiger partial charge in [0.05, 0.1) is 29.8 Å². The van der Waals surface area contributed by atoms with Gasteiger partial charge < -0.3 is 5.32 Å². The SMILES string of the molecule is O=C(Nc1ccnnc1)c1cnn(CC(F)(F)F)c1C(F)(F)C(F)(F)F. The summed E-state index contributed by atoms with van der Waals surface area (Å²) in [6.07, 6.45) is -9.17. The molecule has 0 aliphatic carbocycles. The molecule has 0 saturated heterocycles. The van der Waals surface area contributed by atoms with Gasteiger partial charge in [0.1, 0.15) is 12.2 Å². The van der Waals surface area contributed by atoms with Crippen molar-refractivity contribution in [2.24, 2.45) is 0 Å². The fraction of sp³-hybridized carbons (Fsp3) is 0.333. The first-order chi connectivity index (χ1) is 11.8. The molecule has 142 valence electrons. The molecule has 14 heteroatoms. The van der Waals surface area contributed by atoms with Crippen LogP contribution < -0.4 is 5.32 Å². The van der Waals surface area contributed by atoms with E-state index < -0.39 is 46.7 Å². The van der Waals surface area contributed by atoms with Crippen LogP contribution in [-0.4, -0.2) is 38.2 Å². The van der Waals surface area contributed by atoms with E-state index in [1.807, 2.05) is 5.32 Å². The molecule has 0 aromatic carbocycles. The van der Waals surface area contributed by atoms with E-state index in [1.165, 1.54) is 0 Å². The largest absolute Gasteiger partial charge is 0.459 e. The zero-order valence-corrected chi connectivity index (χ0v) is 12.2. The second-order valence-electron chi connectivity index (χ2n) is 4.84. The summed E-state index contributed by atoms with van der Waals surface area (Å²) >= 11 is 0. The zero-order chi connectivity index (χ0) is 19.8. The Morgan fingerprint density at radius 1 is 1.04 bits per heavy atom. The molecule has 2 rings (SSSR count). The molecule has 0 saturated carbocycles. The first-order valence-corrected chi connectivity index (χ1v) is 6.48. The second-order valence-corrected chi connectivity index (χ2v) is 4.84. The predicted octanol–water partition coefficient (Wildman–Crippen LogP) is 3.14. The monoisotopic (exact) mass is 389 g/mol. The minimum atomic E-state index is -6.25. The maximum Gasteiger partial charge on any atom is 0.459 e. The van der Waals surface area contributed by atoms with Gasteiger partial charge in [-0.15, -0.1) is 0 Å². The molecule has 1 amide bonds. The number of hydrogen-bond acceptors (Lipinski definition) is 4. The Morgan fingerprint density at radius 3 is 2.19 bits per heavy atom. The van der Waals surface area contributed by atoms with Crippen LogP contribution in [-0.2, 0) is 12.5 Å². The minimum absolute atomic E-state index is 0.130. The molecule has 0 unspecified atom stereocenters. The molecular formula is C12H7F8N5O. The Morgan fingerprint density at radius 2 is 1.69 bits per heavy atom. The van der Waals surface area contributed by atoms with Crippen molar-refractivity contribution >= 4 is 11.6 Å². The van der Waals surface area contributed by atoms with Gasteiger partial charge in [-0.2, -0.15) is 50.4 Å². The third kappa shape index (κ3) is 4.05. The van der Waals surface area contributed by atoms with E-state index in [0.29, 0.717) is 0 Å².